The Morgan fingerprint density at radius 3 is 2.69 bits per heavy atom. The minimum atomic E-state index is -1.50. The van der Waals surface area contributed by atoms with E-state index in [1.165, 1.54) is 0 Å². The molecule has 0 saturated carbocycles. The van der Waals surface area contributed by atoms with E-state index in [1.807, 2.05) is 19.9 Å². The van der Waals surface area contributed by atoms with Crippen LogP contribution in [0, 0.1) is 6.92 Å². The molecule has 0 aliphatic carbocycles. The molecule has 0 spiro atoms. The van der Waals surface area contributed by atoms with Crippen LogP contribution in [0.25, 0.3) is 0 Å². The molecule has 16 heavy (non-hydrogen) atoms. The SMILES string of the molecule is C=C(C)CCOc1ccc(C)cc1B(O)O. The van der Waals surface area contributed by atoms with E-state index in [-0.39, 0.29) is 0 Å². The summed E-state index contributed by atoms with van der Waals surface area (Å²) in [5.41, 5.74) is 2.41. The summed E-state index contributed by atoms with van der Waals surface area (Å²) in [6.45, 7) is 8.10. The van der Waals surface area contributed by atoms with Gasteiger partial charge < -0.3 is 14.8 Å². The maximum atomic E-state index is 9.20. The second-order valence-electron chi connectivity index (χ2n) is 3.97. The molecule has 0 aromatic heterocycles. The van der Waals surface area contributed by atoms with Crippen LogP contribution in [0.5, 0.6) is 5.75 Å². The van der Waals surface area contributed by atoms with E-state index >= 15 is 0 Å². The normalized spacial score (nSPS) is 10.0. The standard InChI is InChI=1S/C12H17BO3/c1-9(2)6-7-16-12-5-4-10(3)8-11(12)13(14)15/h4-5,8,14-15H,1,6-7H2,2-3H3. The molecule has 0 unspecified atom stereocenters. The summed E-state index contributed by atoms with van der Waals surface area (Å²) < 4.78 is 5.48. The van der Waals surface area contributed by atoms with Gasteiger partial charge in [-0.1, -0.05) is 23.3 Å². The van der Waals surface area contributed by atoms with Gasteiger partial charge in [-0.25, -0.2) is 0 Å². The monoisotopic (exact) mass is 220 g/mol. The molecule has 86 valence electrons. The highest BCUT2D eigenvalue weighted by Gasteiger charge is 2.17. The zero-order valence-electron chi connectivity index (χ0n) is 9.73. The smallest absolute Gasteiger partial charge is 0.492 e. The van der Waals surface area contributed by atoms with E-state index in [2.05, 4.69) is 6.58 Å². The van der Waals surface area contributed by atoms with Crippen LogP contribution in [0.4, 0.5) is 0 Å². The zero-order valence-corrected chi connectivity index (χ0v) is 9.73. The summed E-state index contributed by atoms with van der Waals surface area (Å²) >= 11 is 0. The number of hydrogen-bond acceptors (Lipinski definition) is 3. The van der Waals surface area contributed by atoms with Crippen molar-refractivity contribution in [2.75, 3.05) is 6.61 Å². The lowest BCUT2D eigenvalue weighted by Crippen LogP contribution is -2.31. The van der Waals surface area contributed by atoms with E-state index in [1.54, 1.807) is 12.1 Å². The molecule has 0 aliphatic rings. The lowest BCUT2D eigenvalue weighted by molar-refractivity contribution is 0.322. The lowest BCUT2D eigenvalue weighted by Gasteiger charge is -2.11. The molecule has 0 amide bonds. The third kappa shape index (κ3) is 3.72. The summed E-state index contributed by atoms with van der Waals surface area (Å²) in [6, 6.07) is 5.34. The molecular formula is C12H17BO3. The van der Waals surface area contributed by atoms with Crippen LogP contribution >= 0.6 is 0 Å². The Hall–Kier alpha value is -1.26. The number of benzene rings is 1. The first-order valence-corrected chi connectivity index (χ1v) is 5.24. The van der Waals surface area contributed by atoms with Crippen molar-refractivity contribution in [1.82, 2.24) is 0 Å². The molecule has 0 bridgehead atoms. The van der Waals surface area contributed by atoms with Gasteiger partial charge in [-0.2, -0.15) is 0 Å². The van der Waals surface area contributed by atoms with Gasteiger partial charge >= 0.3 is 7.12 Å². The van der Waals surface area contributed by atoms with Gasteiger partial charge in [0.05, 0.1) is 6.61 Å². The second-order valence-corrected chi connectivity index (χ2v) is 3.97. The van der Waals surface area contributed by atoms with Crippen molar-refractivity contribution in [1.29, 1.82) is 0 Å². The molecule has 3 nitrogen and oxygen atoms in total. The number of ether oxygens (including phenoxy) is 1. The summed E-state index contributed by atoms with van der Waals surface area (Å²) in [6.07, 6.45) is 0.759. The largest absolute Gasteiger partial charge is 0.494 e. The molecular weight excluding hydrogens is 203 g/mol. The van der Waals surface area contributed by atoms with E-state index in [4.69, 9.17) is 4.74 Å². The van der Waals surface area contributed by atoms with Gasteiger partial charge in [0, 0.05) is 11.9 Å². The maximum Gasteiger partial charge on any atom is 0.492 e. The second kappa shape index (κ2) is 5.73. The summed E-state index contributed by atoms with van der Waals surface area (Å²) in [5.74, 6) is 0.516. The summed E-state index contributed by atoms with van der Waals surface area (Å²) in [5, 5.41) is 18.4. The first-order valence-electron chi connectivity index (χ1n) is 5.24. The van der Waals surface area contributed by atoms with Crippen LogP contribution in [-0.2, 0) is 0 Å². The minimum absolute atomic E-state index is 0.404. The van der Waals surface area contributed by atoms with E-state index in [0.29, 0.717) is 17.8 Å². The number of hydrogen-bond donors (Lipinski definition) is 2. The molecule has 0 heterocycles. The molecule has 0 aliphatic heterocycles. The van der Waals surface area contributed by atoms with Gasteiger partial charge in [0.1, 0.15) is 5.75 Å². The van der Waals surface area contributed by atoms with Crippen LogP contribution in [0.15, 0.2) is 30.4 Å². The minimum Gasteiger partial charge on any atom is -0.494 e. The highest BCUT2D eigenvalue weighted by molar-refractivity contribution is 6.59. The zero-order chi connectivity index (χ0) is 12.1. The van der Waals surface area contributed by atoms with Gasteiger partial charge in [0.25, 0.3) is 0 Å². The molecule has 2 N–H and O–H groups in total. The molecule has 0 radical (unpaired) electrons. The Morgan fingerprint density at radius 2 is 2.12 bits per heavy atom. The van der Waals surface area contributed by atoms with Crippen LogP contribution in [0.2, 0.25) is 0 Å². The topological polar surface area (TPSA) is 49.7 Å². The van der Waals surface area contributed by atoms with Gasteiger partial charge in [0.15, 0.2) is 0 Å². The predicted octanol–water partition coefficient (Wildman–Crippen LogP) is 1.02. The van der Waals surface area contributed by atoms with E-state index in [0.717, 1.165) is 17.6 Å². The van der Waals surface area contributed by atoms with Crippen LogP contribution in [0.1, 0.15) is 18.9 Å². The third-order valence-electron chi connectivity index (χ3n) is 2.23. The third-order valence-corrected chi connectivity index (χ3v) is 2.23. The molecule has 1 rings (SSSR count). The van der Waals surface area contributed by atoms with Gasteiger partial charge in [-0.3, -0.25) is 0 Å². The highest BCUT2D eigenvalue weighted by atomic mass is 16.5. The molecule has 0 saturated heterocycles. The predicted molar refractivity (Wildman–Crippen MR) is 65.9 cm³/mol. The molecule has 4 heteroatoms. The van der Waals surface area contributed by atoms with Crippen molar-refractivity contribution >= 4 is 12.6 Å². The average molecular weight is 220 g/mol. The first kappa shape index (κ1) is 12.8. The van der Waals surface area contributed by atoms with Gasteiger partial charge in [0.2, 0.25) is 0 Å². The maximum absolute atomic E-state index is 9.20. The van der Waals surface area contributed by atoms with Crippen molar-refractivity contribution in [3.8, 4) is 5.75 Å². The Labute approximate surface area is 96.5 Å². The number of rotatable bonds is 5. The Morgan fingerprint density at radius 1 is 1.44 bits per heavy atom. The lowest BCUT2D eigenvalue weighted by atomic mass is 9.79. The van der Waals surface area contributed by atoms with E-state index in [9.17, 15) is 10.0 Å². The molecule has 1 aromatic rings. The van der Waals surface area contributed by atoms with Crippen molar-refractivity contribution in [2.45, 2.75) is 20.3 Å². The van der Waals surface area contributed by atoms with E-state index < -0.39 is 7.12 Å². The van der Waals surface area contributed by atoms with Gasteiger partial charge in [-0.15, -0.1) is 6.58 Å². The highest BCUT2D eigenvalue weighted by Crippen LogP contribution is 2.11. The fraction of sp³-hybridized carbons (Fsp3) is 0.333. The van der Waals surface area contributed by atoms with Gasteiger partial charge in [-0.05, 0) is 19.9 Å². The number of aryl methyl sites for hydroxylation is 1. The van der Waals surface area contributed by atoms with Crippen molar-refractivity contribution in [2.24, 2.45) is 0 Å². The average Bonchev–Trinajstić information content (AvgIpc) is 2.19. The molecule has 0 atom stereocenters. The Balaban J connectivity index is 2.74. The summed E-state index contributed by atoms with van der Waals surface area (Å²) in [7, 11) is -1.50. The Bertz CT molecular complexity index is 375. The van der Waals surface area contributed by atoms with Crippen molar-refractivity contribution in [3.63, 3.8) is 0 Å². The van der Waals surface area contributed by atoms with Crippen molar-refractivity contribution < 1.29 is 14.8 Å². The molecule has 1 aromatic carbocycles. The van der Waals surface area contributed by atoms with Crippen LogP contribution in [0.3, 0.4) is 0 Å². The first-order chi connectivity index (χ1) is 7.50. The van der Waals surface area contributed by atoms with Crippen LogP contribution < -0.4 is 10.2 Å². The van der Waals surface area contributed by atoms with Crippen LogP contribution in [-0.4, -0.2) is 23.8 Å². The fourth-order valence-electron chi connectivity index (χ4n) is 1.34. The fourth-order valence-corrected chi connectivity index (χ4v) is 1.34. The summed E-state index contributed by atoms with van der Waals surface area (Å²) in [4.78, 5) is 0. The molecule has 0 fully saturated rings. The Kier molecular flexibility index (Phi) is 4.59. The van der Waals surface area contributed by atoms with Crippen molar-refractivity contribution in [3.05, 3.63) is 35.9 Å². The quantitative estimate of drug-likeness (QED) is 0.575.